The number of carbonyl (C=O) groups excluding carboxylic acids is 1. The third-order valence-corrected chi connectivity index (χ3v) is 6.81. The molecule has 1 aliphatic heterocycles. The number of ether oxygens (including phenoxy) is 3. The molecule has 5 rings (SSSR count). The fraction of sp³-hybridized carbons (Fsp3) is 0.276. The normalized spacial score (nSPS) is 18.8. The first-order valence-corrected chi connectivity index (χ1v) is 12.1. The molecule has 2 atom stereocenters. The van der Waals surface area contributed by atoms with Crippen LogP contribution in [0, 0.1) is 0 Å². The molecule has 186 valence electrons. The van der Waals surface area contributed by atoms with E-state index in [-0.39, 0.29) is 17.5 Å². The van der Waals surface area contributed by atoms with Crippen LogP contribution in [0.15, 0.2) is 71.9 Å². The molecule has 2 aliphatic rings. The molecule has 7 heteroatoms. The molecule has 3 aromatic rings. The Hall–Kier alpha value is -4.13. The molecular weight excluding hydrogens is 456 g/mol. The molecule has 0 saturated heterocycles. The largest absolute Gasteiger partial charge is 0.504 e. The fourth-order valence-electron chi connectivity index (χ4n) is 5.07. The number of aromatic hydroxyl groups is 1. The van der Waals surface area contributed by atoms with Crippen molar-refractivity contribution >= 4 is 17.2 Å². The van der Waals surface area contributed by atoms with E-state index in [1.165, 1.54) is 0 Å². The number of rotatable bonds is 6. The van der Waals surface area contributed by atoms with Gasteiger partial charge in [-0.3, -0.25) is 4.79 Å². The van der Waals surface area contributed by atoms with Crippen molar-refractivity contribution in [2.75, 3.05) is 31.5 Å². The molecule has 1 heterocycles. The number of phenolic OH excluding ortho intramolecular Hbond substituents is 1. The number of anilines is 2. The number of methoxy groups -OCH3 is 2. The van der Waals surface area contributed by atoms with Crippen LogP contribution in [0.3, 0.4) is 0 Å². The minimum Gasteiger partial charge on any atom is -0.504 e. The molecule has 36 heavy (non-hydrogen) atoms. The molecule has 7 nitrogen and oxygen atoms in total. The molecule has 0 spiro atoms. The average Bonchev–Trinajstić information content (AvgIpc) is 3.06. The van der Waals surface area contributed by atoms with Gasteiger partial charge in [-0.05, 0) is 66.8 Å². The summed E-state index contributed by atoms with van der Waals surface area (Å²) in [4.78, 5) is 13.8. The predicted octanol–water partition coefficient (Wildman–Crippen LogP) is 5.79. The summed E-state index contributed by atoms with van der Waals surface area (Å²) in [5.41, 5.74) is 5.28. The Morgan fingerprint density at radius 3 is 2.36 bits per heavy atom. The van der Waals surface area contributed by atoms with E-state index in [0.29, 0.717) is 42.3 Å². The van der Waals surface area contributed by atoms with Gasteiger partial charge >= 0.3 is 0 Å². The number of hydrogen-bond donors (Lipinski definition) is 3. The summed E-state index contributed by atoms with van der Waals surface area (Å²) >= 11 is 0. The first kappa shape index (κ1) is 23.6. The van der Waals surface area contributed by atoms with Crippen LogP contribution in [0.2, 0.25) is 0 Å². The van der Waals surface area contributed by atoms with E-state index in [1.807, 2.05) is 61.5 Å². The first-order chi connectivity index (χ1) is 17.5. The minimum atomic E-state index is -0.394. The fourth-order valence-corrected chi connectivity index (χ4v) is 5.07. The van der Waals surface area contributed by atoms with Gasteiger partial charge in [0.2, 0.25) is 0 Å². The second kappa shape index (κ2) is 9.85. The highest BCUT2D eigenvalue weighted by molar-refractivity contribution is 6.01. The topological polar surface area (TPSA) is 89.1 Å². The van der Waals surface area contributed by atoms with Crippen molar-refractivity contribution in [1.82, 2.24) is 0 Å². The zero-order valence-electron chi connectivity index (χ0n) is 20.6. The monoisotopic (exact) mass is 486 g/mol. The van der Waals surface area contributed by atoms with Crippen LogP contribution in [0.25, 0.3) is 0 Å². The Morgan fingerprint density at radius 1 is 0.889 bits per heavy atom. The average molecular weight is 487 g/mol. The maximum atomic E-state index is 13.8. The smallest absolute Gasteiger partial charge is 0.163 e. The number of fused-ring (bicyclic) bond motifs is 1. The van der Waals surface area contributed by atoms with Crippen LogP contribution in [-0.2, 0) is 4.79 Å². The van der Waals surface area contributed by atoms with Gasteiger partial charge in [0, 0.05) is 17.7 Å². The zero-order valence-corrected chi connectivity index (χ0v) is 20.6. The summed E-state index contributed by atoms with van der Waals surface area (Å²) < 4.78 is 16.5. The maximum Gasteiger partial charge on any atom is 0.163 e. The Bertz CT molecular complexity index is 1330. The number of phenols is 1. The Morgan fingerprint density at radius 2 is 1.61 bits per heavy atom. The molecule has 0 fully saturated rings. The lowest BCUT2D eigenvalue weighted by molar-refractivity contribution is -0.116. The molecule has 3 N–H and O–H groups in total. The van der Waals surface area contributed by atoms with E-state index in [4.69, 9.17) is 14.2 Å². The van der Waals surface area contributed by atoms with E-state index in [2.05, 4.69) is 10.6 Å². The lowest BCUT2D eigenvalue weighted by Gasteiger charge is -2.30. The van der Waals surface area contributed by atoms with Gasteiger partial charge in [-0.25, -0.2) is 0 Å². The van der Waals surface area contributed by atoms with Crippen LogP contribution in [0.4, 0.5) is 11.4 Å². The van der Waals surface area contributed by atoms with Crippen LogP contribution >= 0.6 is 0 Å². The number of benzene rings is 3. The summed E-state index contributed by atoms with van der Waals surface area (Å²) in [5.74, 6) is 1.84. The van der Waals surface area contributed by atoms with Crippen LogP contribution in [-0.4, -0.2) is 31.7 Å². The lowest BCUT2D eigenvalue weighted by Crippen LogP contribution is -2.27. The molecule has 0 bridgehead atoms. The highest BCUT2D eigenvalue weighted by Crippen LogP contribution is 2.46. The van der Waals surface area contributed by atoms with Gasteiger partial charge in [-0.15, -0.1) is 0 Å². The van der Waals surface area contributed by atoms with Gasteiger partial charge in [0.25, 0.3) is 0 Å². The summed E-state index contributed by atoms with van der Waals surface area (Å²) in [5, 5.41) is 17.4. The number of ketones is 1. The summed E-state index contributed by atoms with van der Waals surface area (Å²) in [6, 6.07) is 18.6. The van der Waals surface area contributed by atoms with Crippen molar-refractivity contribution in [2.24, 2.45) is 0 Å². The number of carbonyl (C=O) groups is 1. The number of allylic oxidation sites excluding steroid dienone is 1. The lowest BCUT2D eigenvalue weighted by atomic mass is 9.78. The Balaban J connectivity index is 1.58. The van der Waals surface area contributed by atoms with E-state index in [1.54, 1.807) is 20.3 Å². The summed E-state index contributed by atoms with van der Waals surface area (Å²) in [7, 11) is 3.22. The van der Waals surface area contributed by atoms with Crippen LogP contribution in [0.1, 0.15) is 42.9 Å². The van der Waals surface area contributed by atoms with Crippen LogP contribution in [0.5, 0.6) is 23.0 Å². The van der Waals surface area contributed by atoms with Crippen molar-refractivity contribution in [1.29, 1.82) is 0 Å². The SMILES string of the molecule is CCOc1cc([C@@H]2Nc3ccccc3NC3=C2C(=O)C[C@H](c2ccc(OC)c(OC)c2)C3)ccc1O. The molecule has 0 saturated carbocycles. The quantitative estimate of drug-likeness (QED) is 0.406. The van der Waals surface area contributed by atoms with Gasteiger partial charge in [0.1, 0.15) is 0 Å². The molecule has 0 amide bonds. The van der Waals surface area contributed by atoms with Crippen molar-refractivity contribution in [3.63, 3.8) is 0 Å². The second-order valence-electron chi connectivity index (χ2n) is 8.94. The number of para-hydroxylation sites is 2. The van der Waals surface area contributed by atoms with Gasteiger partial charge < -0.3 is 30.0 Å². The molecule has 3 aromatic carbocycles. The van der Waals surface area contributed by atoms with Crippen molar-refractivity contribution in [3.8, 4) is 23.0 Å². The first-order valence-electron chi connectivity index (χ1n) is 12.1. The zero-order chi connectivity index (χ0) is 25.2. The van der Waals surface area contributed by atoms with Gasteiger partial charge in [-0.2, -0.15) is 0 Å². The predicted molar refractivity (Wildman–Crippen MR) is 139 cm³/mol. The Labute approximate surface area is 210 Å². The van der Waals surface area contributed by atoms with E-state index in [0.717, 1.165) is 28.2 Å². The standard InChI is InChI=1S/C29H30N2O5/c1-4-36-26-16-18(9-11-23(26)32)29-28-22(30-20-7-5-6-8-21(20)31-29)13-19(14-24(28)33)17-10-12-25(34-2)27(15-17)35-3/h5-12,15-16,19,29-32H,4,13-14H2,1-3H3/t19-,29+/m1/s1. The van der Waals surface area contributed by atoms with Crippen molar-refractivity contribution < 1.29 is 24.1 Å². The minimum absolute atomic E-state index is 0.00623. The van der Waals surface area contributed by atoms with Gasteiger partial charge in [0.15, 0.2) is 28.8 Å². The molecule has 0 aromatic heterocycles. The Kier molecular flexibility index (Phi) is 6.46. The highest BCUT2D eigenvalue weighted by Gasteiger charge is 2.36. The number of Topliss-reactive ketones (excluding diaryl/α,β-unsaturated/α-hetero) is 1. The third-order valence-electron chi connectivity index (χ3n) is 6.81. The van der Waals surface area contributed by atoms with E-state index in [9.17, 15) is 9.90 Å². The maximum absolute atomic E-state index is 13.8. The molecule has 1 aliphatic carbocycles. The highest BCUT2D eigenvalue weighted by atomic mass is 16.5. The summed E-state index contributed by atoms with van der Waals surface area (Å²) in [6.45, 7) is 2.30. The van der Waals surface area contributed by atoms with Crippen molar-refractivity contribution in [3.05, 3.63) is 83.1 Å². The number of hydrogen-bond acceptors (Lipinski definition) is 7. The molecular formula is C29H30N2O5. The van der Waals surface area contributed by atoms with Crippen LogP contribution < -0.4 is 24.8 Å². The number of nitrogens with one attached hydrogen (secondary N) is 2. The summed E-state index contributed by atoms with van der Waals surface area (Å²) in [6.07, 6.45) is 1.04. The van der Waals surface area contributed by atoms with Gasteiger partial charge in [0.05, 0.1) is 38.2 Å². The molecule has 0 unspecified atom stereocenters. The van der Waals surface area contributed by atoms with Crippen molar-refractivity contribution in [2.45, 2.75) is 31.7 Å². The van der Waals surface area contributed by atoms with Gasteiger partial charge in [-0.1, -0.05) is 24.3 Å². The third kappa shape index (κ3) is 4.33. The van der Waals surface area contributed by atoms with E-state index >= 15 is 0 Å². The second-order valence-corrected chi connectivity index (χ2v) is 8.94. The molecule has 0 radical (unpaired) electrons. The van der Waals surface area contributed by atoms with E-state index < -0.39 is 6.04 Å².